The lowest BCUT2D eigenvalue weighted by atomic mass is 10.1. The van der Waals surface area contributed by atoms with E-state index >= 15 is 0 Å². The van der Waals surface area contributed by atoms with Gasteiger partial charge in [-0.2, -0.15) is 23.5 Å². The number of esters is 1. The molecule has 0 radical (unpaired) electrons. The van der Waals surface area contributed by atoms with Crippen LogP contribution in [0.25, 0.3) is 0 Å². The second kappa shape index (κ2) is 16.4. The quantitative estimate of drug-likeness (QED) is 0.141. The third-order valence-corrected chi connectivity index (χ3v) is 5.17. The number of carboxylic acids is 1. The van der Waals surface area contributed by atoms with Crippen LogP contribution >= 0.6 is 23.5 Å². The van der Waals surface area contributed by atoms with Gasteiger partial charge in [-0.3, -0.25) is 14.4 Å². The maximum Gasteiger partial charge on any atom is 0.330 e. The van der Waals surface area contributed by atoms with Crippen molar-refractivity contribution in [3.05, 3.63) is 12.2 Å². The summed E-state index contributed by atoms with van der Waals surface area (Å²) in [6.07, 6.45) is 6.18. The van der Waals surface area contributed by atoms with E-state index in [0.29, 0.717) is 17.9 Å². The molecule has 0 aliphatic rings. The van der Waals surface area contributed by atoms with Gasteiger partial charge in [0.05, 0.1) is 13.2 Å². The van der Waals surface area contributed by atoms with Crippen LogP contribution < -0.4 is 21.7 Å². The molecule has 0 bridgehead atoms. The van der Waals surface area contributed by atoms with Crippen molar-refractivity contribution < 1.29 is 33.8 Å². The molecule has 3 atom stereocenters. The number of aliphatic carboxylic acids is 1. The van der Waals surface area contributed by atoms with Gasteiger partial charge in [-0.1, -0.05) is 0 Å². The fraction of sp³-hybridized carbons (Fsp3) is 0.611. The number of methoxy groups -OCH3 is 1. The minimum absolute atomic E-state index is 0.272. The molecule has 13 heteroatoms. The van der Waals surface area contributed by atoms with E-state index in [-0.39, 0.29) is 6.42 Å². The lowest BCUT2D eigenvalue weighted by molar-refractivity contribution is -0.142. The summed E-state index contributed by atoms with van der Waals surface area (Å²) in [7, 11) is 1.14. The molecule has 176 valence electrons. The van der Waals surface area contributed by atoms with Gasteiger partial charge in [-0.05, 0) is 36.9 Å². The van der Waals surface area contributed by atoms with Crippen LogP contribution in [0.2, 0.25) is 0 Å². The Balaban J connectivity index is 5.00. The Morgan fingerprint density at radius 1 is 0.968 bits per heavy atom. The zero-order valence-electron chi connectivity index (χ0n) is 17.7. The Morgan fingerprint density at radius 3 is 2.10 bits per heavy atom. The summed E-state index contributed by atoms with van der Waals surface area (Å²) < 4.78 is 4.34. The van der Waals surface area contributed by atoms with Crippen LogP contribution in [0.3, 0.4) is 0 Å². The van der Waals surface area contributed by atoms with Gasteiger partial charge in [0.25, 0.3) is 0 Å². The van der Waals surface area contributed by atoms with Gasteiger partial charge < -0.3 is 31.5 Å². The number of ether oxygens (including phenoxy) is 1. The number of amides is 3. The number of nitrogens with one attached hydrogen (secondary N) is 3. The van der Waals surface area contributed by atoms with Gasteiger partial charge in [0.1, 0.15) is 12.1 Å². The molecule has 0 saturated carbocycles. The molecule has 3 amide bonds. The van der Waals surface area contributed by atoms with E-state index in [4.69, 9.17) is 5.73 Å². The average Bonchev–Trinajstić information content (AvgIpc) is 2.75. The van der Waals surface area contributed by atoms with Crippen molar-refractivity contribution >= 4 is 53.2 Å². The highest BCUT2D eigenvalue weighted by Crippen LogP contribution is 2.04. The highest BCUT2D eigenvalue weighted by Gasteiger charge is 2.27. The molecular formula is C18H30N4O7S2. The number of nitrogens with two attached hydrogens (primary N) is 1. The highest BCUT2D eigenvalue weighted by molar-refractivity contribution is 7.98. The maximum absolute atomic E-state index is 12.6. The summed E-state index contributed by atoms with van der Waals surface area (Å²) in [6, 6.07) is -3.20. The zero-order chi connectivity index (χ0) is 23.8. The number of carbonyl (C=O) groups is 5. The highest BCUT2D eigenvalue weighted by atomic mass is 32.2. The van der Waals surface area contributed by atoms with Gasteiger partial charge in [0, 0.05) is 18.7 Å². The molecule has 0 spiro atoms. The van der Waals surface area contributed by atoms with Crippen LogP contribution in [0.4, 0.5) is 0 Å². The number of carbonyl (C=O) groups excluding carboxylic acids is 4. The van der Waals surface area contributed by atoms with Gasteiger partial charge in [-0.25, -0.2) is 9.59 Å². The van der Waals surface area contributed by atoms with E-state index in [1.807, 2.05) is 12.5 Å². The molecule has 0 heterocycles. The van der Waals surface area contributed by atoms with Gasteiger partial charge in [0.15, 0.2) is 0 Å². The van der Waals surface area contributed by atoms with Crippen LogP contribution in [0.15, 0.2) is 12.2 Å². The second-order valence-corrected chi connectivity index (χ2v) is 8.20. The lowest BCUT2D eigenvalue weighted by Crippen LogP contribution is -2.56. The van der Waals surface area contributed by atoms with Crippen LogP contribution in [0.1, 0.15) is 12.8 Å². The number of thioether (sulfide) groups is 2. The Morgan fingerprint density at radius 2 is 1.55 bits per heavy atom. The molecule has 0 aromatic heterocycles. The van der Waals surface area contributed by atoms with Crippen molar-refractivity contribution in [2.24, 2.45) is 5.73 Å². The van der Waals surface area contributed by atoms with Crippen LogP contribution in [0, 0.1) is 0 Å². The Kier molecular flexibility index (Phi) is 15.3. The fourth-order valence-corrected chi connectivity index (χ4v) is 3.07. The first-order valence-electron chi connectivity index (χ1n) is 9.27. The summed E-state index contributed by atoms with van der Waals surface area (Å²) in [6.45, 7) is -0.429. The topological polar surface area (TPSA) is 177 Å². The minimum atomic E-state index is -1.44. The predicted octanol–water partition coefficient (Wildman–Crippen LogP) is -1.28. The van der Waals surface area contributed by atoms with Gasteiger partial charge in [-0.15, -0.1) is 0 Å². The molecule has 6 N–H and O–H groups in total. The second-order valence-electron chi connectivity index (χ2n) is 6.23. The average molecular weight is 479 g/mol. The van der Waals surface area contributed by atoms with Crippen molar-refractivity contribution in [3.8, 4) is 0 Å². The zero-order valence-corrected chi connectivity index (χ0v) is 19.3. The standard InChI is InChI=1S/C18H30N4O7S2/c1-29-15(24)5-4-14(23)20-10-13(18(27)28)22-17(26)12(7-9-31-3)21-16(25)11(19)6-8-30-2/h4-5,11-13H,6-10,19H2,1-3H3,(H,20,23)(H,21,25)(H,22,26)(H,27,28)/b5-4+/t11-,12-,13-/m0/s1. The normalized spacial score (nSPS) is 13.7. The largest absolute Gasteiger partial charge is 0.480 e. The van der Waals surface area contributed by atoms with E-state index in [1.165, 1.54) is 23.5 Å². The fourth-order valence-electron chi connectivity index (χ4n) is 2.10. The monoisotopic (exact) mass is 478 g/mol. The van der Waals surface area contributed by atoms with Gasteiger partial charge in [0.2, 0.25) is 17.7 Å². The smallest absolute Gasteiger partial charge is 0.330 e. The summed E-state index contributed by atoms with van der Waals surface area (Å²) in [5, 5.41) is 16.5. The summed E-state index contributed by atoms with van der Waals surface area (Å²) in [4.78, 5) is 59.0. The van der Waals surface area contributed by atoms with E-state index in [2.05, 4.69) is 20.7 Å². The molecule has 0 fully saturated rings. The van der Waals surface area contributed by atoms with Crippen molar-refractivity contribution in [1.82, 2.24) is 16.0 Å². The van der Waals surface area contributed by atoms with Crippen molar-refractivity contribution in [1.29, 1.82) is 0 Å². The SMILES string of the molecule is COC(=O)/C=C/C(=O)NC[C@H](NC(=O)[C@H](CCSC)NC(=O)[C@@H](N)CCSC)C(=O)O. The summed E-state index contributed by atoms with van der Waals surface area (Å²) in [5.41, 5.74) is 5.83. The molecule has 0 aliphatic carbocycles. The number of rotatable bonds is 15. The molecule has 0 aromatic rings. The molecule has 0 rings (SSSR count). The summed E-state index contributed by atoms with van der Waals surface area (Å²) >= 11 is 3.00. The van der Waals surface area contributed by atoms with E-state index in [0.717, 1.165) is 19.3 Å². The first-order chi connectivity index (χ1) is 14.7. The molecule has 11 nitrogen and oxygen atoms in total. The maximum atomic E-state index is 12.6. The number of hydrogen-bond donors (Lipinski definition) is 5. The molecule has 0 aliphatic heterocycles. The molecule has 0 saturated heterocycles. The predicted molar refractivity (Wildman–Crippen MR) is 120 cm³/mol. The van der Waals surface area contributed by atoms with Crippen LogP contribution in [-0.2, 0) is 28.7 Å². The number of carboxylic acid groups (broad SMARTS) is 1. The van der Waals surface area contributed by atoms with Crippen molar-refractivity contribution in [2.75, 3.05) is 37.7 Å². The van der Waals surface area contributed by atoms with Gasteiger partial charge >= 0.3 is 11.9 Å². The molecule has 31 heavy (non-hydrogen) atoms. The number of hydrogen-bond acceptors (Lipinski definition) is 9. The lowest BCUT2D eigenvalue weighted by Gasteiger charge is -2.23. The Labute approximate surface area is 189 Å². The van der Waals surface area contributed by atoms with Crippen LogP contribution in [0.5, 0.6) is 0 Å². The van der Waals surface area contributed by atoms with E-state index < -0.39 is 54.3 Å². The molecule has 0 aromatic carbocycles. The Bertz CT molecular complexity index is 661. The third kappa shape index (κ3) is 12.9. The third-order valence-electron chi connectivity index (χ3n) is 3.88. The first kappa shape index (κ1) is 28.8. The summed E-state index contributed by atoms with van der Waals surface area (Å²) in [5.74, 6) is -2.83. The Hall–Kier alpha value is -2.25. The van der Waals surface area contributed by atoms with Crippen LogP contribution in [-0.4, -0.2) is 90.6 Å². The minimum Gasteiger partial charge on any atom is -0.480 e. The van der Waals surface area contributed by atoms with Crippen molar-refractivity contribution in [2.45, 2.75) is 31.0 Å². The molecular weight excluding hydrogens is 448 g/mol. The molecule has 0 unspecified atom stereocenters. The van der Waals surface area contributed by atoms with E-state index in [9.17, 15) is 29.1 Å². The first-order valence-corrected chi connectivity index (χ1v) is 12.1. The van der Waals surface area contributed by atoms with E-state index in [1.54, 1.807) is 0 Å². The van der Waals surface area contributed by atoms with Crippen molar-refractivity contribution in [3.63, 3.8) is 0 Å².